The predicted octanol–water partition coefficient (Wildman–Crippen LogP) is 2.24. The summed E-state index contributed by atoms with van der Waals surface area (Å²) in [5, 5.41) is 19.5. The molecule has 0 amide bonds. The minimum Gasteiger partial charge on any atom is -0.495 e. The summed E-state index contributed by atoms with van der Waals surface area (Å²) in [6.07, 6.45) is 0. The van der Waals surface area contributed by atoms with Crippen molar-refractivity contribution in [3.8, 4) is 17.6 Å². The molecule has 0 N–H and O–H groups in total. The lowest BCUT2D eigenvalue weighted by molar-refractivity contribution is -0.385. The van der Waals surface area contributed by atoms with Gasteiger partial charge in [-0.1, -0.05) is 0 Å². The molecule has 2 aromatic carbocycles. The Morgan fingerprint density at radius 1 is 1.17 bits per heavy atom. The van der Waals surface area contributed by atoms with E-state index in [1.165, 1.54) is 37.4 Å². The van der Waals surface area contributed by atoms with Crippen LogP contribution in [0.3, 0.4) is 0 Å². The Kier molecular flexibility index (Phi) is 4.47. The smallest absolute Gasteiger partial charge is 0.343 e. The highest BCUT2D eigenvalue weighted by Crippen LogP contribution is 2.30. The van der Waals surface area contributed by atoms with Crippen LogP contribution in [0.5, 0.6) is 11.5 Å². The van der Waals surface area contributed by atoms with Gasteiger partial charge < -0.3 is 8.92 Å². The first kappa shape index (κ1) is 16.3. The summed E-state index contributed by atoms with van der Waals surface area (Å²) in [6.45, 7) is 0. The fourth-order valence-corrected chi connectivity index (χ4v) is 2.85. The van der Waals surface area contributed by atoms with Crippen molar-refractivity contribution in [3.05, 3.63) is 58.1 Å². The van der Waals surface area contributed by atoms with Gasteiger partial charge in [0.05, 0.1) is 23.7 Å². The van der Waals surface area contributed by atoms with Crippen LogP contribution < -0.4 is 8.92 Å². The van der Waals surface area contributed by atoms with Gasteiger partial charge in [0.15, 0.2) is 4.90 Å². The molecule has 8 nitrogen and oxygen atoms in total. The highest BCUT2D eigenvalue weighted by Gasteiger charge is 2.25. The molecule has 0 unspecified atom stereocenters. The van der Waals surface area contributed by atoms with Gasteiger partial charge >= 0.3 is 10.1 Å². The van der Waals surface area contributed by atoms with E-state index in [2.05, 4.69) is 0 Å². The van der Waals surface area contributed by atoms with Crippen LogP contribution in [0.25, 0.3) is 0 Å². The van der Waals surface area contributed by atoms with Crippen LogP contribution in [-0.4, -0.2) is 20.5 Å². The van der Waals surface area contributed by atoms with Gasteiger partial charge in [-0.2, -0.15) is 13.7 Å². The Labute approximate surface area is 131 Å². The molecule has 23 heavy (non-hydrogen) atoms. The minimum atomic E-state index is -4.34. The van der Waals surface area contributed by atoms with Crippen LogP contribution in [0.1, 0.15) is 5.56 Å². The first-order chi connectivity index (χ1) is 10.9. The van der Waals surface area contributed by atoms with E-state index in [1.807, 2.05) is 6.07 Å². The van der Waals surface area contributed by atoms with E-state index < -0.39 is 25.6 Å². The maximum absolute atomic E-state index is 12.3. The van der Waals surface area contributed by atoms with Crippen LogP contribution in [-0.2, 0) is 10.1 Å². The van der Waals surface area contributed by atoms with E-state index in [1.54, 1.807) is 0 Å². The standard InChI is InChI=1S/C14H10N2O6S/c1-21-13-7-4-11(16(17)18)8-14(13)23(19,20)22-12-5-2-10(9-15)3-6-12/h2-8H,1H3. The van der Waals surface area contributed by atoms with E-state index >= 15 is 0 Å². The molecule has 0 aliphatic carbocycles. The highest BCUT2D eigenvalue weighted by molar-refractivity contribution is 7.87. The Bertz CT molecular complexity index is 884. The summed E-state index contributed by atoms with van der Waals surface area (Å²) in [5.41, 5.74) is -0.0736. The van der Waals surface area contributed by atoms with Gasteiger partial charge in [-0.05, 0) is 30.3 Å². The van der Waals surface area contributed by atoms with Crippen LogP contribution in [0.4, 0.5) is 5.69 Å². The van der Waals surface area contributed by atoms with Crippen LogP contribution in [0.15, 0.2) is 47.4 Å². The molecule has 2 aromatic rings. The number of methoxy groups -OCH3 is 1. The van der Waals surface area contributed by atoms with Crippen LogP contribution in [0.2, 0.25) is 0 Å². The SMILES string of the molecule is COc1ccc([N+](=O)[O-])cc1S(=O)(=O)Oc1ccc(C#N)cc1. The number of nitro groups is 1. The summed E-state index contributed by atoms with van der Waals surface area (Å²) >= 11 is 0. The minimum absolute atomic E-state index is 0.0300. The molecular formula is C14H10N2O6S. The predicted molar refractivity (Wildman–Crippen MR) is 78.6 cm³/mol. The van der Waals surface area contributed by atoms with Gasteiger partial charge in [0.25, 0.3) is 5.69 Å². The zero-order valence-electron chi connectivity index (χ0n) is 11.8. The molecule has 0 saturated carbocycles. The molecule has 0 aliphatic heterocycles. The largest absolute Gasteiger partial charge is 0.495 e. The third-order valence-corrected chi connectivity index (χ3v) is 4.09. The normalized spacial score (nSPS) is 10.6. The number of nitriles is 1. The monoisotopic (exact) mass is 334 g/mol. The Hall–Kier alpha value is -3.12. The van der Waals surface area contributed by atoms with Crippen molar-refractivity contribution in [3.63, 3.8) is 0 Å². The third kappa shape index (κ3) is 3.56. The zero-order valence-corrected chi connectivity index (χ0v) is 12.6. The molecule has 0 saturated heterocycles. The van der Waals surface area contributed by atoms with E-state index in [9.17, 15) is 18.5 Å². The van der Waals surface area contributed by atoms with E-state index in [-0.39, 0.29) is 11.5 Å². The molecule has 0 fully saturated rings. The quantitative estimate of drug-likeness (QED) is 0.467. The third-order valence-electron chi connectivity index (χ3n) is 2.82. The Morgan fingerprint density at radius 3 is 2.35 bits per heavy atom. The second-order valence-corrected chi connectivity index (χ2v) is 5.78. The number of hydrogen-bond donors (Lipinski definition) is 0. The number of benzene rings is 2. The Morgan fingerprint density at radius 2 is 1.83 bits per heavy atom. The van der Waals surface area contributed by atoms with Gasteiger partial charge in [0.1, 0.15) is 11.5 Å². The van der Waals surface area contributed by atoms with Crippen molar-refractivity contribution < 1.29 is 22.3 Å². The number of nitro benzene ring substituents is 1. The first-order valence-corrected chi connectivity index (χ1v) is 7.55. The molecule has 0 atom stereocenters. The molecule has 0 spiro atoms. The van der Waals surface area contributed by atoms with Crippen molar-refractivity contribution in [2.45, 2.75) is 4.90 Å². The Balaban J connectivity index is 2.43. The number of non-ortho nitro benzene ring substituents is 1. The van der Waals surface area contributed by atoms with Crippen molar-refractivity contribution in [1.29, 1.82) is 5.26 Å². The van der Waals surface area contributed by atoms with Gasteiger partial charge in [-0.3, -0.25) is 10.1 Å². The molecule has 0 radical (unpaired) electrons. The highest BCUT2D eigenvalue weighted by atomic mass is 32.2. The van der Waals surface area contributed by atoms with Crippen LogP contribution >= 0.6 is 0 Å². The van der Waals surface area contributed by atoms with Crippen molar-refractivity contribution >= 4 is 15.8 Å². The zero-order chi connectivity index (χ0) is 17.0. The van der Waals surface area contributed by atoms with E-state index in [0.29, 0.717) is 5.56 Å². The second-order valence-electron chi connectivity index (χ2n) is 4.27. The summed E-state index contributed by atoms with van der Waals surface area (Å²) < 4.78 is 34.5. The molecule has 0 aromatic heterocycles. The van der Waals surface area contributed by atoms with E-state index in [4.69, 9.17) is 14.2 Å². The molecule has 118 valence electrons. The van der Waals surface area contributed by atoms with Gasteiger partial charge in [-0.15, -0.1) is 0 Å². The summed E-state index contributed by atoms with van der Waals surface area (Å²) in [6, 6.07) is 10.4. The molecule has 0 bridgehead atoms. The molecule has 2 rings (SSSR count). The fraction of sp³-hybridized carbons (Fsp3) is 0.0714. The maximum atomic E-state index is 12.3. The second kappa shape index (κ2) is 6.33. The average molecular weight is 334 g/mol. The molecule has 0 heterocycles. The fourth-order valence-electron chi connectivity index (χ4n) is 1.73. The number of nitrogens with zero attached hydrogens (tertiary/aromatic N) is 2. The van der Waals surface area contributed by atoms with Gasteiger partial charge in [0.2, 0.25) is 0 Å². The average Bonchev–Trinajstić information content (AvgIpc) is 2.54. The summed E-state index contributed by atoms with van der Waals surface area (Å²) in [7, 11) is -3.11. The van der Waals surface area contributed by atoms with E-state index in [0.717, 1.165) is 12.1 Å². The van der Waals surface area contributed by atoms with Gasteiger partial charge in [0, 0.05) is 12.1 Å². The number of ether oxygens (including phenoxy) is 1. The van der Waals surface area contributed by atoms with Crippen molar-refractivity contribution in [2.24, 2.45) is 0 Å². The lowest BCUT2D eigenvalue weighted by Crippen LogP contribution is -2.11. The van der Waals surface area contributed by atoms with Crippen molar-refractivity contribution in [1.82, 2.24) is 0 Å². The number of hydrogen-bond acceptors (Lipinski definition) is 7. The molecular weight excluding hydrogens is 324 g/mol. The topological polar surface area (TPSA) is 120 Å². The first-order valence-electron chi connectivity index (χ1n) is 6.14. The van der Waals surface area contributed by atoms with Crippen molar-refractivity contribution in [2.75, 3.05) is 7.11 Å². The summed E-state index contributed by atoms with van der Waals surface area (Å²) in [4.78, 5) is 9.63. The summed E-state index contributed by atoms with van der Waals surface area (Å²) in [5.74, 6) is -0.109. The van der Waals surface area contributed by atoms with Gasteiger partial charge in [-0.25, -0.2) is 0 Å². The molecule has 9 heteroatoms. The number of rotatable bonds is 5. The maximum Gasteiger partial charge on any atom is 0.343 e. The lowest BCUT2D eigenvalue weighted by Gasteiger charge is -2.10. The van der Waals surface area contributed by atoms with Crippen LogP contribution in [0, 0.1) is 21.4 Å². The lowest BCUT2D eigenvalue weighted by atomic mass is 10.2. The molecule has 0 aliphatic rings.